The minimum absolute atomic E-state index is 0.149. The van der Waals surface area contributed by atoms with Gasteiger partial charge in [-0.15, -0.1) is 0 Å². The normalized spacial score (nSPS) is 12.6. The molecule has 110 valence electrons. The van der Waals surface area contributed by atoms with Crippen molar-refractivity contribution in [1.29, 1.82) is 10.5 Å². The third-order valence-corrected chi connectivity index (χ3v) is 3.05. The van der Waals surface area contributed by atoms with Gasteiger partial charge in [0.05, 0.1) is 23.6 Å². The van der Waals surface area contributed by atoms with Crippen molar-refractivity contribution in [3.05, 3.63) is 29.8 Å². The molecule has 0 spiro atoms. The summed E-state index contributed by atoms with van der Waals surface area (Å²) in [6.07, 6.45) is -0.635. The van der Waals surface area contributed by atoms with E-state index < -0.39 is 6.10 Å². The van der Waals surface area contributed by atoms with Crippen LogP contribution in [0.2, 0.25) is 0 Å². The van der Waals surface area contributed by atoms with E-state index in [1.165, 1.54) is 0 Å². The number of amides is 1. The predicted molar refractivity (Wildman–Crippen MR) is 78.3 cm³/mol. The molecule has 0 aliphatic carbocycles. The van der Waals surface area contributed by atoms with Crippen LogP contribution in [-0.4, -0.2) is 30.0 Å². The van der Waals surface area contributed by atoms with Crippen molar-refractivity contribution in [1.82, 2.24) is 4.90 Å². The molecule has 0 N–H and O–H groups in total. The van der Waals surface area contributed by atoms with E-state index in [1.807, 2.05) is 13.0 Å². The molecular formula is C16H19N3O2. The van der Waals surface area contributed by atoms with Crippen molar-refractivity contribution in [2.24, 2.45) is 5.92 Å². The fraction of sp³-hybridized carbons (Fsp3) is 0.438. The summed E-state index contributed by atoms with van der Waals surface area (Å²) < 4.78 is 5.59. The van der Waals surface area contributed by atoms with E-state index in [4.69, 9.17) is 15.3 Å². The van der Waals surface area contributed by atoms with Crippen molar-refractivity contribution < 1.29 is 9.53 Å². The minimum atomic E-state index is -0.635. The average molecular weight is 285 g/mol. The Labute approximate surface area is 125 Å². The summed E-state index contributed by atoms with van der Waals surface area (Å²) in [5.74, 6) is 0.180. The zero-order chi connectivity index (χ0) is 15.8. The van der Waals surface area contributed by atoms with Gasteiger partial charge in [0.2, 0.25) is 0 Å². The van der Waals surface area contributed by atoms with Crippen molar-refractivity contribution in [3.63, 3.8) is 0 Å². The fourth-order valence-electron chi connectivity index (χ4n) is 1.87. The zero-order valence-electron chi connectivity index (χ0n) is 12.5. The van der Waals surface area contributed by atoms with Crippen LogP contribution in [0, 0.1) is 28.6 Å². The first-order chi connectivity index (χ1) is 10.0. The molecular weight excluding hydrogens is 266 g/mol. The van der Waals surface area contributed by atoms with Crippen LogP contribution in [0.4, 0.5) is 0 Å². The topological polar surface area (TPSA) is 77.1 Å². The Morgan fingerprint density at radius 2 is 1.90 bits per heavy atom. The van der Waals surface area contributed by atoms with Gasteiger partial charge in [0.15, 0.2) is 6.10 Å². The van der Waals surface area contributed by atoms with Gasteiger partial charge in [-0.25, -0.2) is 0 Å². The summed E-state index contributed by atoms with van der Waals surface area (Å²) in [5, 5.41) is 17.6. The van der Waals surface area contributed by atoms with Crippen molar-refractivity contribution in [2.75, 3.05) is 13.1 Å². The van der Waals surface area contributed by atoms with Crippen molar-refractivity contribution in [2.45, 2.75) is 26.9 Å². The SMILES string of the molecule is CCN(CC(C)C#N)C(=O)C(C)Oc1ccc(C#N)cc1. The highest BCUT2D eigenvalue weighted by Gasteiger charge is 2.22. The summed E-state index contributed by atoms with van der Waals surface area (Å²) in [4.78, 5) is 13.9. The average Bonchev–Trinajstić information content (AvgIpc) is 2.52. The highest BCUT2D eigenvalue weighted by molar-refractivity contribution is 5.80. The molecule has 0 bridgehead atoms. The molecule has 1 amide bonds. The minimum Gasteiger partial charge on any atom is -0.481 e. The lowest BCUT2D eigenvalue weighted by Crippen LogP contribution is -2.42. The second-order valence-corrected chi connectivity index (χ2v) is 4.80. The molecule has 1 aromatic rings. The third kappa shape index (κ3) is 4.81. The highest BCUT2D eigenvalue weighted by atomic mass is 16.5. The van der Waals surface area contributed by atoms with Gasteiger partial charge in [0.1, 0.15) is 5.75 Å². The number of benzene rings is 1. The van der Waals surface area contributed by atoms with Gasteiger partial charge in [-0.3, -0.25) is 4.79 Å². The standard InChI is InChI=1S/C16H19N3O2/c1-4-19(11-12(2)9-17)16(20)13(3)21-15-7-5-14(10-18)6-8-15/h5-8,12-13H,4,11H2,1-3H3. The van der Waals surface area contributed by atoms with Gasteiger partial charge in [-0.05, 0) is 45.0 Å². The number of hydrogen-bond donors (Lipinski definition) is 0. The fourth-order valence-corrected chi connectivity index (χ4v) is 1.87. The largest absolute Gasteiger partial charge is 0.481 e. The molecule has 0 aliphatic heterocycles. The second kappa shape index (κ2) is 7.91. The monoisotopic (exact) mass is 285 g/mol. The van der Waals surface area contributed by atoms with Crippen LogP contribution in [0.3, 0.4) is 0 Å². The molecule has 1 aromatic carbocycles. The molecule has 2 atom stereocenters. The molecule has 21 heavy (non-hydrogen) atoms. The Morgan fingerprint density at radius 3 is 2.38 bits per heavy atom. The lowest BCUT2D eigenvalue weighted by atomic mass is 10.2. The number of hydrogen-bond acceptors (Lipinski definition) is 4. The van der Waals surface area contributed by atoms with E-state index in [2.05, 4.69) is 6.07 Å². The van der Waals surface area contributed by atoms with Gasteiger partial charge in [-0.2, -0.15) is 10.5 Å². The van der Waals surface area contributed by atoms with Crippen LogP contribution in [0.25, 0.3) is 0 Å². The van der Waals surface area contributed by atoms with Crippen LogP contribution in [0.15, 0.2) is 24.3 Å². The number of nitriles is 2. The summed E-state index contributed by atoms with van der Waals surface area (Å²) in [6.45, 7) is 6.26. The second-order valence-electron chi connectivity index (χ2n) is 4.80. The van der Waals surface area contributed by atoms with Crippen LogP contribution >= 0.6 is 0 Å². The number of nitrogens with zero attached hydrogens (tertiary/aromatic N) is 3. The summed E-state index contributed by atoms with van der Waals surface area (Å²) in [7, 11) is 0. The van der Waals surface area contributed by atoms with Gasteiger partial charge in [0, 0.05) is 13.1 Å². The Hall–Kier alpha value is -2.53. The maximum absolute atomic E-state index is 12.3. The molecule has 0 heterocycles. The lowest BCUT2D eigenvalue weighted by Gasteiger charge is -2.25. The first-order valence-corrected chi connectivity index (χ1v) is 6.87. The predicted octanol–water partition coefficient (Wildman–Crippen LogP) is 2.33. The Balaban J connectivity index is 2.68. The number of carbonyl (C=O) groups is 1. The maximum atomic E-state index is 12.3. The van der Waals surface area contributed by atoms with Crippen molar-refractivity contribution in [3.8, 4) is 17.9 Å². The van der Waals surface area contributed by atoms with E-state index in [1.54, 1.807) is 43.0 Å². The molecule has 5 heteroatoms. The van der Waals surface area contributed by atoms with E-state index >= 15 is 0 Å². The third-order valence-electron chi connectivity index (χ3n) is 3.05. The Bertz CT molecular complexity index is 554. The van der Waals surface area contributed by atoms with Gasteiger partial charge >= 0.3 is 0 Å². The molecule has 2 unspecified atom stereocenters. The first kappa shape index (κ1) is 16.5. The first-order valence-electron chi connectivity index (χ1n) is 6.87. The molecule has 0 fully saturated rings. The number of likely N-dealkylation sites (N-methyl/N-ethyl adjacent to an activating group) is 1. The van der Waals surface area contributed by atoms with E-state index in [0.29, 0.717) is 24.4 Å². The molecule has 1 rings (SSSR count). The Morgan fingerprint density at radius 1 is 1.29 bits per heavy atom. The smallest absolute Gasteiger partial charge is 0.263 e. The number of carbonyl (C=O) groups excluding carboxylic acids is 1. The molecule has 0 radical (unpaired) electrons. The van der Waals surface area contributed by atoms with E-state index in [0.717, 1.165) is 0 Å². The lowest BCUT2D eigenvalue weighted by molar-refractivity contribution is -0.138. The van der Waals surface area contributed by atoms with E-state index in [-0.39, 0.29) is 11.8 Å². The number of rotatable bonds is 6. The van der Waals surface area contributed by atoms with Crippen LogP contribution in [0.1, 0.15) is 26.3 Å². The van der Waals surface area contributed by atoms with Crippen LogP contribution < -0.4 is 4.74 Å². The summed E-state index contributed by atoms with van der Waals surface area (Å²) in [6, 6.07) is 10.8. The molecule has 0 aromatic heterocycles. The zero-order valence-corrected chi connectivity index (χ0v) is 12.5. The van der Waals surface area contributed by atoms with Gasteiger partial charge in [-0.1, -0.05) is 0 Å². The number of ether oxygens (including phenoxy) is 1. The van der Waals surface area contributed by atoms with Gasteiger partial charge < -0.3 is 9.64 Å². The summed E-state index contributed by atoms with van der Waals surface area (Å²) in [5.41, 5.74) is 0.541. The molecule has 0 saturated heterocycles. The van der Waals surface area contributed by atoms with Crippen LogP contribution in [0.5, 0.6) is 5.75 Å². The van der Waals surface area contributed by atoms with Crippen LogP contribution in [-0.2, 0) is 4.79 Å². The highest BCUT2D eigenvalue weighted by Crippen LogP contribution is 2.14. The molecule has 5 nitrogen and oxygen atoms in total. The van der Waals surface area contributed by atoms with E-state index in [9.17, 15) is 4.79 Å². The Kier molecular flexibility index (Phi) is 6.23. The molecule has 0 saturated carbocycles. The quantitative estimate of drug-likeness (QED) is 0.803. The van der Waals surface area contributed by atoms with Crippen molar-refractivity contribution >= 4 is 5.91 Å². The maximum Gasteiger partial charge on any atom is 0.263 e. The molecule has 0 aliphatic rings. The van der Waals surface area contributed by atoms with Gasteiger partial charge in [0.25, 0.3) is 5.91 Å². The summed E-state index contributed by atoms with van der Waals surface area (Å²) >= 11 is 0.